The first-order valence-electron chi connectivity index (χ1n) is 8.43. The van der Waals surface area contributed by atoms with Gasteiger partial charge >= 0.3 is 0 Å². The van der Waals surface area contributed by atoms with Crippen LogP contribution in [0.2, 0.25) is 0 Å². The lowest BCUT2D eigenvalue weighted by Gasteiger charge is -2.13. The fraction of sp³-hybridized carbons (Fsp3) is 0.350. The number of ether oxygens (including phenoxy) is 2. The van der Waals surface area contributed by atoms with Crippen LogP contribution in [-0.4, -0.2) is 18.6 Å². The molecule has 4 nitrogen and oxygen atoms in total. The third kappa shape index (κ3) is 5.30. The Morgan fingerprint density at radius 1 is 1.08 bits per heavy atom. The van der Waals surface area contributed by atoms with Crippen LogP contribution in [0.4, 0.5) is 5.69 Å². The van der Waals surface area contributed by atoms with E-state index in [1.165, 1.54) is 0 Å². The molecule has 0 bridgehead atoms. The maximum absolute atomic E-state index is 12.4. The lowest BCUT2D eigenvalue weighted by molar-refractivity contribution is 0.102. The van der Waals surface area contributed by atoms with Gasteiger partial charge in [0.25, 0.3) is 5.91 Å². The van der Waals surface area contributed by atoms with Gasteiger partial charge < -0.3 is 14.8 Å². The minimum Gasteiger partial charge on any atom is -0.494 e. The predicted molar refractivity (Wildman–Crippen MR) is 97.0 cm³/mol. The van der Waals surface area contributed by atoms with Crippen LogP contribution in [0.1, 0.15) is 44.0 Å². The number of hydrogen-bond acceptors (Lipinski definition) is 3. The fourth-order valence-corrected chi connectivity index (χ4v) is 2.08. The molecular formula is C20H25NO3. The molecule has 1 amide bonds. The van der Waals surface area contributed by atoms with E-state index in [-0.39, 0.29) is 12.0 Å². The SMILES string of the molecule is CCCOc1ccc(NC(=O)c2cccc(OC(C)CC)c2)cc1. The molecule has 0 aliphatic heterocycles. The van der Waals surface area contributed by atoms with E-state index in [1.54, 1.807) is 12.1 Å². The first-order chi connectivity index (χ1) is 11.6. The van der Waals surface area contributed by atoms with Gasteiger partial charge in [-0.25, -0.2) is 0 Å². The van der Waals surface area contributed by atoms with E-state index in [0.717, 1.165) is 24.3 Å². The molecule has 0 radical (unpaired) electrons. The molecule has 4 heteroatoms. The second kappa shape index (κ2) is 8.96. The van der Waals surface area contributed by atoms with Crippen LogP contribution < -0.4 is 14.8 Å². The van der Waals surface area contributed by atoms with Gasteiger partial charge in [0.15, 0.2) is 0 Å². The quantitative estimate of drug-likeness (QED) is 0.750. The normalized spacial score (nSPS) is 11.6. The highest BCUT2D eigenvalue weighted by molar-refractivity contribution is 6.04. The van der Waals surface area contributed by atoms with Crippen molar-refractivity contribution in [2.24, 2.45) is 0 Å². The number of anilines is 1. The summed E-state index contributed by atoms with van der Waals surface area (Å²) in [5, 5.41) is 2.89. The molecule has 0 aromatic heterocycles. The largest absolute Gasteiger partial charge is 0.494 e. The van der Waals surface area contributed by atoms with E-state index in [9.17, 15) is 4.79 Å². The van der Waals surface area contributed by atoms with Crippen molar-refractivity contribution in [1.82, 2.24) is 0 Å². The van der Waals surface area contributed by atoms with E-state index in [1.807, 2.05) is 43.3 Å². The number of carbonyl (C=O) groups excluding carboxylic acids is 1. The molecule has 2 aromatic carbocycles. The summed E-state index contributed by atoms with van der Waals surface area (Å²) in [6.07, 6.45) is 2.01. The van der Waals surface area contributed by atoms with Crippen molar-refractivity contribution >= 4 is 11.6 Å². The number of carbonyl (C=O) groups is 1. The minimum absolute atomic E-state index is 0.124. The molecule has 0 heterocycles. The Bertz CT molecular complexity index is 652. The molecule has 0 aliphatic rings. The summed E-state index contributed by atoms with van der Waals surface area (Å²) >= 11 is 0. The molecule has 128 valence electrons. The third-order valence-electron chi connectivity index (χ3n) is 3.59. The summed E-state index contributed by atoms with van der Waals surface area (Å²) in [5.41, 5.74) is 1.30. The van der Waals surface area contributed by atoms with Crippen molar-refractivity contribution in [1.29, 1.82) is 0 Å². The third-order valence-corrected chi connectivity index (χ3v) is 3.59. The zero-order chi connectivity index (χ0) is 17.4. The summed E-state index contributed by atoms with van der Waals surface area (Å²) < 4.78 is 11.3. The average Bonchev–Trinajstić information content (AvgIpc) is 2.61. The fourth-order valence-electron chi connectivity index (χ4n) is 2.08. The summed E-state index contributed by atoms with van der Waals surface area (Å²) in [7, 11) is 0. The molecular weight excluding hydrogens is 302 g/mol. The molecule has 0 aliphatic carbocycles. The van der Waals surface area contributed by atoms with Gasteiger partial charge in [-0.15, -0.1) is 0 Å². The Kier molecular flexibility index (Phi) is 6.67. The number of benzene rings is 2. The molecule has 2 rings (SSSR count). The number of amides is 1. The zero-order valence-electron chi connectivity index (χ0n) is 14.5. The predicted octanol–water partition coefficient (Wildman–Crippen LogP) is 4.91. The van der Waals surface area contributed by atoms with Crippen LogP contribution in [0.5, 0.6) is 11.5 Å². The standard InChI is InChI=1S/C20H25NO3/c1-4-13-23-18-11-9-17(10-12-18)21-20(22)16-7-6-8-19(14-16)24-15(3)5-2/h6-12,14-15H,4-5,13H2,1-3H3,(H,21,22). The maximum Gasteiger partial charge on any atom is 0.255 e. The van der Waals surface area contributed by atoms with Crippen molar-refractivity contribution in [3.8, 4) is 11.5 Å². The molecule has 0 fully saturated rings. The van der Waals surface area contributed by atoms with Crippen LogP contribution in [0.3, 0.4) is 0 Å². The average molecular weight is 327 g/mol. The Hall–Kier alpha value is -2.49. The van der Waals surface area contributed by atoms with Gasteiger partial charge in [-0.05, 0) is 62.2 Å². The number of hydrogen-bond donors (Lipinski definition) is 1. The number of nitrogens with one attached hydrogen (secondary N) is 1. The molecule has 0 spiro atoms. The van der Waals surface area contributed by atoms with E-state index in [2.05, 4.69) is 19.2 Å². The number of rotatable bonds is 8. The smallest absolute Gasteiger partial charge is 0.255 e. The van der Waals surface area contributed by atoms with Gasteiger partial charge in [-0.1, -0.05) is 19.9 Å². The van der Waals surface area contributed by atoms with Gasteiger partial charge in [-0.3, -0.25) is 4.79 Å². The Balaban J connectivity index is 2.00. The molecule has 2 aromatic rings. The highest BCUT2D eigenvalue weighted by Gasteiger charge is 2.09. The molecule has 0 saturated carbocycles. The van der Waals surface area contributed by atoms with E-state index in [0.29, 0.717) is 17.9 Å². The van der Waals surface area contributed by atoms with Gasteiger partial charge in [0, 0.05) is 11.3 Å². The summed E-state index contributed by atoms with van der Waals surface area (Å²) in [6.45, 7) is 6.83. The van der Waals surface area contributed by atoms with E-state index >= 15 is 0 Å². The summed E-state index contributed by atoms with van der Waals surface area (Å²) in [4.78, 5) is 12.4. The highest BCUT2D eigenvalue weighted by atomic mass is 16.5. The Labute approximate surface area is 143 Å². The molecule has 1 unspecified atom stereocenters. The second-order valence-electron chi connectivity index (χ2n) is 5.69. The van der Waals surface area contributed by atoms with Crippen LogP contribution in [0, 0.1) is 0 Å². The van der Waals surface area contributed by atoms with Crippen LogP contribution in [-0.2, 0) is 0 Å². The zero-order valence-corrected chi connectivity index (χ0v) is 14.5. The van der Waals surface area contributed by atoms with Crippen LogP contribution in [0.15, 0.2) is 48.5 Å². The molecule has 24 heavy (non-hydrogen) atoms. The Morgan fingerprint density at radius 3 is 2.50 bits per heavy atom. The van der Waals surface area contributed by atoms with Gasteiger partial charge in [0.2, 0.25) is 0 Å². The van der Waals surface area contributed by atoms with Crippen molar-refractivity contribution in [3.63, 3.8) is 0 Å². The molecule has 1 atom stereocenters. The van der Waals surface area contributed by atoms with E-state index in [4.69, 9.17) is 9.47 Å². The lowest BCUT2D eigenvalue weighted by Crippen LogP contribution is -2.13. The molecule has 1 N–H and O–H groups in total. The minimum atomic E-state index is -0.160. The highest BCUT2D eigenvalue weighted by Crippen LogP contribution is 2.19. The summed E-state index contributed by atoms with van der Waals surface area (Å²) in [6, 6.07) is 14.6. The maximum atomic E-state index is 12.4. The topological polar surface area (TPSA) is 47.6 Å². The van der Waals surface area contributed by atoms with Crippen molar-refractivity contribution in [3.05, 3.63) is 54.1 Å². The monoisotopic (exact) mass is 327 g/mol. The van der Waals surface area contributed by atoms with Crippen LogP contribution >= 0.6 is 0 Å². The van der Waals surface area contributed by atoms with Gasteiger partial charge in [0.05, 0.1) is 12.7 Å². The van der Waals surface area contributed by atoms with Gasteiger partial charge in [0.1, 0.15) is 11.5 Å². The van der Waals surface area contributed by atoms with Crippen molar-refractivity contribution < 1.29 is 14.3 Å². The first kappa shape index (κ1) is 17.9. The summed E-state index contributed by atoms with van der Waals surface area (Å²) in [5.74, 6) is 1.35. The van der Waals surface area contributed by atoms with Crippen LogP contribution in [0.25, 0.3) is 0 Å². The lowest BCUT2D eigenvalue weighted by atomic mass is 10.2. The van der Waals surface area contributed by atoms with E-state index < -0.39 is 0 Å². The van der Waals surface area contributed by atoms with Crippen molar-refractivity contribution in [2.45, 2.75) is 39.7 Å². The van der Waals surface area contributed by atoms with Crippen molar-refractivity contribution in [2.75, 3.05) is 11.9 Å². The first-order valence-corrected chi connectivity index (χ1v) is 8.43. The Morgan fingerprint density at radius 2 is 1.83 bits per heavy atom. The van der Waals surface area contributed by atoms with Gasteiger partial charge in [-0.2, -0.15) is 0 Å². The second-order valence-corrected chi connectivity index (χ2v) is 5.69. The molecule has 0 saturated heterocycles.